The molecule has 0 fully saturated rings. The van der Waals surface area contributed by atoms with E-state index in [0.29, 0.717) is 22.2 Å². The molecule has 1 aromatic heterocycles. The van der Waals surface area contributed by atoms with Crippen molar-refractivity contribution >= 4 is 17.1 Å². The largest absolute Gasteiger partial charge is 0.480 e. The van der Waals surface area contributed by atoms with Gasteiger partial charge in [0.1, 0.15) is 12.4 Å². The van der Waals surface area contributed by atoms with Gasteiger partial charge < -0.3 is 9.72 Å². The maximum atomic E-state index is 12.4. The number of ether oxygens (including phenoxy) is 1. The first-order valence-corrected chi connectivity index (χ1v) is 7.14. The minimum absolute atomic E-state index is 0.112. The Balaban J connectivity index is 2.05. The minimum Gasteiger partial charge on any atom is -0.480 e. The summed E-state index contributed by atoms with van der Waals surface area (Å²) in [7, 11) is 0. The number of aromatic amines is 1. The quantitative estimate of drug-likeness (QED) is 0.586. The van der Waals surface area contributed by atoms with Crippen LogP contribution in [0.2, 0.25) is 0 Å². The van der Waals surface area contributed by atoms with Gasteiger partial charge in [-0.3, -0.25) is 4.79 Å². The van der Waals surface area contributed by atoms with Crippen LogP contribution in [0.1, 0.15) is 5.56 Å². The highest BCUT2D eigenvalue weighted by Crippen LogP contribution is 2.15. The van der Waals surface area contributed by atoms with Gasteiger partial charge in [0, 0.05) is 5.56 Å². The van der Waals surface area contributed by atoms with Crippen molar-refractivity contribution in [2.45, 2.75) is 0 Å². The third-order valence-electron chi connectivity index (χ3n) is 3.33. The number of aromatic nitrogens is 2. The molecule has 0 spiro atoms. The van der Waals surface area contributed by atoms with Gasteiger partial charge in [0.05, 0.1) is 17.1 Å². The molecule has 6 heteroatoms. The Hall–Kier alpha value is -3.59. The van der Waals surface area contributed by atoms with Crippen molar-refractivity contribution in [3.05, 3.63) is 74.9 Å². The van der Waals surface area contributed by atoms with Gasteiger partial charge in [0.25, 0.3) is 5.56 Å². The van der Waals surface area contributed by atoms with Crippen LogP contribution in [0, 0.1) is 12.3 Å². The van der Waals surface area contributed by atoms with Gasteiger partial charge in [-0.05, 0) is 24.3 Å². The van der Waals surface area contributed by atoms with E-state index in [1.807, 2.05) is 0 Å². The molecule has 24 heavy (non-hydrogen) atoms. The van der Waals surface area contributed by atoms with Crippen LogP contribution in [0.15, 0.2) is 63.2 Å². The zero-order valence-corrected chi connectivity index (χ0v) is 12.6. The molecule has 0 unspecified atom stereocenters. The summed E-state index contributed by atoms with van der Waals surface area (Å²) in [6.45, 7) is 0.112. The van der Waals surface area contributed by atoms with E-state index < -0.39 is 11.2 Å². The summed E-state index contributed by atoms with van der Waals surface area (Å²) in [5.74, 6) is 2.90. The summed E-state index contributed by atoms with van der Waals surface area (Å²) >= 11 is 0. The van der Waals surface area contributed by atoms with E-state index in [-0.39, 0.29) is 6.61 Å². The predicted molar refractivity (Wildman–Crippen MR) is 92.6 cm³/mol. The van der Waals surface area contributed by atoms with Gasteiger partial charge in [-0.15, -0.1) is 11.1 Å². The molecule has 0 saturated heterocycles. The molecule has 0 aliphatic heterocycles. The lowest BCUT2D eigenvalue weighted by Gasteiger charge is -2.05. The van der Waals surface area contributed by atoms with Crippen LogP contribution in [0.4, 0.5) is 0 Å². The van der Waals surface area contributed by atoms with Crippen LogP contribution in [0.5, 0.6) is 5.75 Å². The zero-order chi connectivity index (χ0) is 16.9. The van der Waals surface area contributed by atoms with E-state index in [9.17, 15) is 9.59 Å². The number of hydrogen-bond acceptors (Lipinski definition) is 4. The molecule has 0 atom stereocenters. The number of terminal acetylenes is 1. The summed E-state index contributed by atoms with van der Waals surface area (Å²) in [5, 5.41) is 4.38. The number of fused-ring (bicyclic) bond motifs is 1. The fraction of sp³-hybridized carbons (Fsp3) is 0.0556. The molecule has 3 aromatic rings. The molecule has 0 bridgehead atoms. The molecule has 0 saturated carbocycles. The van der Waals surface area contributed by atoms with Gasteiger partial charge in [-0.25, -0.2) is 4.79 Å². The minimum atomic E-state index is -0.614. The van der Waals surface area contributed by atoms with E-state index >= 15 is 0 Å². The summed E-state index contributed by atoms with van der Waals surface area (Å²) in [4.78, 5) is 27.1. The monoisotopic (exact) mass is 319 g/mol. The van der Waals surface area contributed by atoms with Crippen molar-refractivity contribution in [2.75, 3.05) is 6.61 Å². The highest BCUT2D eigenvalue weighted by molar-refractivity contribution is 5.83. The molecular weight excluding hydrogens is 306 g/mol. The van der Waals surface area contributed by atoms with Crippen LogP contribution >= 0.6 is 0 Å². The second kappa shape index (κ2) is 6.67. The molecular formula is C18H13N3O3. The van der Waals surface area contributed by atoms with Gasteiger partial charge in [0.2, 0.25) is 0 Å². The van der Waals surface area contributed by atoms with E-state index in [2.05, 4.69) is 16.0 Å². The highest BCUT2D eigenvalue weighted by atomic mass is 16.5. The molecule has 0 amide bonds. The Bertz CT molecular complexity index is 1070. The Kier molecular flexibility index (Phi) is 4.25. The number of hydrogen-bond donors (Lipinski definition) is 1. The molecule has 6 nitrogen and oxygen atoms in total. The van der Waals surface area contributed by atoms with E-state index in [4.69, 9.17) is 11.2 Å². The number of nitrogens with one attached hydrogen (secondary N) is 1. The summed E-state index contributed by atoms with van der Waals surface area (Å²) < 4.78 is 6.18. The average Bonchev–Trinajstić information content (AvgIpc) is 2.60. The van der Waals surface area contributed by atoms with Crippen molar-refractivity contribution in [3.63, 3.8) is 0 Å². The van der Waals surface area contributed by atoms with Gasteiger partial charge in [0.15, 0.2) is 0 Å². The first-order valence-electron chi connectivity index (χ1n) is 7.14. The first-order chi connectivity index (χ1) is 11.7. The molecule has 2 aromatic carbocycles. The van der Waals surface area contributed by atoms with E-state index in [0.717, 1.165) is 4.68 Å². The number of para-hydroxylation sites is 2. The first kappa shape index (κ1) is 15.3. The van der Waals surface area contributed by atoms with Crippen LogP contribution in [0.3, 0.4) is 0 Å². The molecule has 118 valence electrons. The fourth-order valence-electron chi connectivity index (χ4n) is 2.22. The zero-order valence-electron chi connectivity index (χ0n) is 12.6. The maximum Gasteiger partial charge on any atom is 0.349 e. The van der Waals surface area contributed by atoms with Crippen LogP contribution in [0.25, 0.3) is 10.9 Å². The molecule has 0 aliphatic rings. The third-order valence-corrected chi connectivity index (χ3v) is 3.33. The second-order valence-corrected chi connectivity index (χ2v) is 4.87. The number of nitrogens with zero attached hydrogens (tertiary/aromatic N) is 2. The SMILES string of the molecule is C#CCOc1ccccc1C=Nn1c(=O)[nH]c2ccccc2c1=O. The summed E-state index contributed by atoms with van der Waals surface area (Å²) in [6.07, 6.45) is 6.57. The number of H-pyrrole nitrogens is 1. The Morgan fingerprint density at radius 1 is 1.17 bits per heavy atom. The van der Waals surface area contributed by atoms with Gasteiger partial charge >= 0.3 is 5.69 Å². The lowest BCUT2D eigenvalue weighted by Crippen LogP contribution is -2.32. The molecule has 0 aliphatic carbocycles. The average molecular weight is 319 g/mol. The van der Waals surface area contributed by atoms with Crippen LogP contribution in [-0.4, -0.2) is 22.5 Å². The number of rotatable bonds is 4. The van der Waals surface area contributed by atoms with E-state index in [1.165, 1.54) is 6.21 Å². The van der Waals surface area contributed by atoms with Crippen molar-refractivity contribution in [1.82, 2.24) is 9.66 Å². The standard InChI is InChI=1S/C18H13N3O3/c1-2-11-24-16-10-6-3-7-13(16)12-19-21-17(22)14-8-4-5-9-15(14)20-18(21)23/h1,3-10,12H,11H2,(H,20,23). The lowest BCUT2D eigenvalue weighted by atomic mass is 10.2. The topological polar surface area (TPSA) is 76.5 Å². The molecule has 1 heterocycles. The maximum absolute atomic E-state index is 12.4. The number of benzene rings is 2. The fourth-order valence-corrected chi connectivity index (χ4v) is 2.22. The predicted octanol–water partition coefficient (Wildman–Crippen LogP) is 1.58. The third kappa shape index (κ3) is 2.96. The Morgan fingerprint density at radius 3 is 2.75 bits per heavy atom. The van der Waals surface area contributed by atoms with Crippen molar-refractivity contribution < 1.29 is 4.74 Å². The van der Waals surface area contributed by atoms with Crippen LogP contribution < -0.4 is 16.0 Å². The molecule has 3 rings (SSSR count). The second-order valence-electron chi connectivity index (χ2n) is 4.87. The van der Waals surface area contributed by atoms with Gasteiger partial charge in [-0.1, -0.05) is 30.2 Å². The highest BCUT2D eigenvalue weighted by Gasteiger charge is 2.06. The summed E-state index contributed by atoms with van der Waals surface area (Å²) in [5.41, 5.74) is -0.0338. The van der Waals surface area contributed by atoms with Crippen molar-refractivity contribution in [2.24, 2.45) is 5.10 Å². The lowest BCUT2D eigenvalue weighted by molar-refractivity contribution is 0.370. The van der Waals surface area contributed by atoms with Crippen molar-refractivity contribution in [1.29, 1.82) is 0 Å². The molecule has 1 N–H and O–H groups in total. The van der Waals surface area contributed by atoms with Crippen LogP contribution in [-0.2, 0) is 0 Å². The summed E-state index contributed by atoms with van der Waals surface area (Å²) in [6, 6.07) is 13.8. The Morgan fingerprint density at radius 2 is 1.92 bits per heavy atom. The van der Waals surface area contributed by atoms with Crippen molar-refractivity contribution in [3.8, 4) is 18.1 Å². The molecule has 0 radical (unpaired) electrons. The van der Waals surface area contributed by atoms with E-state index in [1.54, 1.807) is 48.5 Å². The normalized spacial score (nSPS) is 10.8. The smallest absolute Gasteiger partial charge is 0.349 e. The van der Waals surface area contributed by atoms with Gasteiger partial charge in [-0.2, -0.15) is 5.10 Å². The Labute approximate surface area is 137 Å².